The molecular weight excluding hydrogens is 462 g/mol. The van der Waals surface area contributed by atoms with Gasteiger partial charge in [0.15, 0.2) is 16.6 Å². The Hall–Kier alpha value is -2.95. The number of aromatic nitrogens is 1. The van der Waals surface area contributed by atoms with Gasteiger partial charge in [-0.05, 0) is 61.2 Å². The van der Waals surface area contributed by atoms with Crippen LogP contribution in [0, 0.1) is 5.92 Å². The largest absolute Gasteiger partial charge is 0.454 e. The fourth-order valence-corrected chi connectivity index (χ4v) is 6.29. The van der Waals surface area contributed by atoms with E-state index in [-0.39, 0.29) is 17.6 Å². The quantitative estimate of drug-likeness (QED) is 0.581. The Morgan fingerprint density at radius 3 is 2.73 bits per heavy atom. The van der Waals surface area contributed by atoms with Crippen molar-refractivity contribution in [2.24, 2.45) is 5.92 Å². The molecule has 10 heteroatoms. The number of carbonyl (C=O) groups is 1. The molecule has 1 N–H and O–H groups in total. The van der Waals surface area contributed by atoms with Crippen LogP contribution < -0.4 is 14.8 Å². The van der Waals surface area contributed by atoms with E-state index in [2.05, 4.69) is 17.2 Å². The second kappa shape index (κ2) is 8.77. The van der Waals surface area contributed by atoms with Crippen molar-refractivity contribution in [3.8, 4) is 22.8 Å². The molecule has 8 nitrogen and oxygen atoms in total. The van der Waals surface area contributed by atoms with Gasteiger partial charge in [0.25, 0.3) is 5.91 Å². The summed E-state index contributed by atoms with van der Waals surface area (Å²) in [7, 11) is -3.56. The minimum atomic E-state index is -3.56. The summed E-state index contributed by atoms with van der Waals surface area (Å²) in [6.45, 7) is 3.32. The Morgan fingerprint density at radius 1 is 1.15 bits per heavy atom. The molecule has 1 aromatic heterocycles. The monoisotopic (exact) mass is 485 g/mol. The lowest BCUT2D eigenvalue weighted by Gasteiger charge is -2.30. The number of nitrogens with one attached hydrogen (secondary N) is 1. The molecule has 0 radical (unpaired) electrons. The molecule has 33 heavy (non-hydrogen) atoms. The predicted octanol–water partition coefficient (Wildman–Crippen LogP) is 4.21. The van der Waals surface area contributed by atoms with Gasteiger partial charge in [0.1, 0.15) is 0 Å². The molecule has 1 amide bonds. The highest BCUT2D eigenvalue weighted by Gasteiger charge is 2.28. The van der Waals surface area contributed by atoms with Crippen molar-refractivity contribution >= 4 is 32.4 Å². The van der Waals surface area contributed by atoms with Gasteiger partial charge in [-0.1, -0.05) is 6.92 Å². The van der Waals surface area contributed by atoms with Gasteiger partial charge in [0.05, 0.1) is 10.6 Å². The maximum atomic E-state index is 12.9. The van der Waals surface area contributed by atoms with Crippen LogP contribution in [0.3, 0.4) is 0 Å². The molecular formula is C23H23N3O5S2. The van der Waals surface area contributed by atoms with Crippen molar-refractivity contribution < 1.29 is 22.7 Å². The number of nitrogens with zero attached hydrogens (tertiary/aromatic N) is 2. The number of piperidine rings is 1. The van der Waals surface area contributed by atoms with Crippen LogP contribution in [0.15, 0.2) is 52.7 Å². The van der Waals surface area contributed by atoms with Gasteiger partial charge in [-0.15, -0.1) is 11.3 Å². The highest BCUT2D eigenvalue weighted by atomic mass is 32.2. The van der Waals surface area contributed by atoms with Crippen molar-refractivity contribution in [2.75, 3.05) is 25.2 Å². The molecule has 2 aliphatic heterocycles. The molecule has 3 heterocycles. The third kappa shape index (κ3) is 4.46. The normalized spacial score (nSPS) is 18.3. The van der Waals surface area contributed by atoms with Crippen molar-refractivity contribution in [3.05, 3.63) is 53.4 Å². The topological polar surface area (TPSA) is 97.8 Å². The second-order valence-corrected chi connectivity index (χ2v) is 11.0. The predicted molar refractivity (Wildman–Crippen MR) is 125 cm³/mol. The summed E-state index contributed by atoms with van der Waals surface area (Å²) in [5.74, 6) is 1.36. The number of rotatable bonds is 5. The number of sulfonamides is 1. The number of ether oxygens (including phenoxy) is 2. The third-order valence-electron chi connectivity index (χ3n) is 5.77. The van der Waals surface area contributed by atoms with Crippen molar-refractivity contribution in [2.45, 2.75) is 24.7 Å². The van der Waals surface area contributed by atoms with E-state index in [1.807, 2.05) is 23.6 Å². The first-order valence-corrected chi connectivity index (χ1v) is 13.0. The molecule has 0 unspecified atom stereocenters. The van der Waals surface area contributed by atoms with E-state index in [0.29, 0.717) is 46.9 Å². The van der Waals surface area contributed by atoms with Crippen LogP contribution >= 0.6 is 11.3 Å². The molecule has 0 aliphatic carbocycles. The lowest BCUT2D eigenvalue weighted by Crippen LogP contribution is -2.39. The highest BCUT2D eigenvalue weighted by molar-refractivity contribution is 7.89. The van der Waals surface area contributed by atoms with Crippen LogP contribution in [-0.2, 0) is 10.0 Å². The van der Waals surface area contributed by atoms with E-state index in [1.165, 1.54) is 39.9 Å². The second-order valence-electron chi connectivity index (χ2n) is 8.19. The molecule has 2 aliphatic rings. The van der Waals surface area contributed by atoms with Crippen LogP contribution in [0.4, 0.5) is 5.13 Å². The van der Waals surface area contributed by atoms with E-state index in [0.717, 1.165) is 18.4 Å². The summed E-state index contributed by atoms with van der Waals surface area (Å²) in [6, 6.07) is 11.6. The maximum Gasteiger partial charge on any atom is 0.257 e. The summed E-state index contributed by atoms with van der Waals surface area (Å²) in [5.41, 5.74) is 1.93. The smallest absolute Gasteiger partial charge is 0.257 e. The van der Waals surface area contributed by atoms with Gasteiger partial charge in [-0.2, -0.15) is 4.31 Å². The Kier molecular flexibility index (Phi) is 5.81. The molecule has 172 valence electrons. The molecule has 2 aromatic carbocycles. The Morgan fingerprint density at radius 2 is 1.94 bits per heavy atom. The number of hydrogen-bond acceptors (Lipinski definition) is 7. The van der Waals surface area contributed by atoms with Gasteiger partial charge >= 0.3 is 0 Å². The van der Waals surface area contributed by atoms with E-state index in [4.69, 9.17) is 9.47 Å². The van der Waals surface area contributed by atoms with Crippen LogP contribution in [-0.4, -0.2) is 43.5 Å². The van der Waals surface area contributed by atoms with E-state index < -0.39 is 10.0 Å². The minimum absolute atomic E-state index is 0.201. The summed E-state index contributed by atoms with van der Waals surface area (Å²) < 4.78 is 38.1. The lowest BCUT2D eigenvalue weighted by atomic mass is 10.0. The summed E-state index contributed by atoms with van der Waals surface area (Å²) in [6.07, 6.45) is 1.90. The van der Waals surface area contributed by atoms with E-state index in [1.54, 1.807) is 0 Å². The SMILES string of the molecule is C[C@H]1CCCN(S(=O)(=O)c2ccc(C(=O)Nc3nc(-c4ccc5c(c4)OCO5)cs3)cc2)C1. The van der Waals surface area contributed by atoms with Crippen LogP contribution in [0.5, 0.6) is 11.5 Å². The molecule has 1 fully saturated rings. The Labute approximate surface area is 196 Å². The summed E-state index contributed by atoms with van der Waals surface area (Å²) in [5, 5.41) is 5.08. The standard InChI is InChI=1S/C23H23N3O5S2/c1-15-3-2-10-26(12-15)33(28,29)18-7-4-16(5-8-18)22(27)25-23-24-19(13-32-23)17-6-9-20-21(11-17)31-14-30-20/h4-9,11,13,15H,2-3,10,12,14H2,1H3,(H,24,25,27)/t15-/m0/s1. The third-order valence-corrected chi connectivity index (χ3v) is 8.40. The molecule has 1 saturated heterocycles. The zero-order valence-electron chi connectivity index (χ0n) is 18.0. The fourth-order valence-electron chi connectivity index (χ4n) is 3.98. The summed E-state index contributed by atoms with van der Waals surface area (Å²) >= 11 is 1.31. The first-order valence-electron chi connectivity index (χ1n) is 10.7. The first kappa shape index (κ1) is 21.9. The van der Waals surface area contributed by atoms with Gasteiger partial charge < -0.3 is 9.47 Å². The van der Waals surface area contributed by atoms with Crippen molar-refractivity contribution in [1.29, 1.82) is 0 Å². The highest BCUT2D eigenvalue weighted by Crippen LogP contribution is 2.36. The number of hydrogen-bond donors (Lipinski definition) is 1. The van der Waals surface area contributed by atoms with E-state index >= 15 is 0 Å². The maximum absolute atomic E-state index is 12.9. The van der Waals surface area contributed by atoms with Gasteiger partial charge in [0, 0.05) is 29.6 Å². The molecule has 5 rings (SSSR count). The number of fused-ring (bicyclic) bond motifs is 1. The molecule has 3 aromatic rings. The molecule has 1 atom stereocenters. The number of thiazole rings is 1. The summed E-state index contributed by atoms with van der Waals surface area (Å²) in [4.78, 5) is 17.4. The number of anilines is 1. The number of benzene rings is 2. The lowest BCUT2D eigenvalue weighted by molar-refractivity contribution is 0.102. The van der Waals surface area contributed by atoms with Crippen LogP contribution in [0.1, 0.15) is 30.1 Å². The van der Waals surface area contributed by atoms with Crippen LogP contribution in [0.25, 0.3) is 11.3 Å². The zero-order chi connectivity index (χ0) is 23.0. The molecule has 0 bridgehead atoms. The number of amides is 1. The van der Waals surface area contributed by atoms with Crippen molar-refractivity contribution in [3.63, 3.8) is 0 Å². The van der Waals surface area contributed by atoms with Gasteiger partial charge in [-0.3, -0.25) is 10.1 Å². The average Bonchev–Trinajstić information content (AvgIpc) is 3.48. The Balaban J connectivity index is 1.27. The average molecular weight is 486 g/mol. The van der Waals surface area contributed by atoms with Gasteiger partial charge in [-0.25, -0.2) is 13.4 Å². The van der Waals surface area contributed by atoms with Gasteiger partial charge in [0.2, 0.25) is 16.8 Å². The first-order chi connectivity index (χ1) is 15.9. The molecule has 0 saturated carbocycles. The zero-order valence-corrected chi connectivity index (χ0v) is 19.6. The Bertz CT molecular complexity index is 1290. The van der Waals surface area contributed by atoms with Crippen LogP contribution in [0.2, 0.25) is 0 Å². The minimum Gasteiger partial charge on any atom is -0.454 e. The molecule has 0 spiro atoms. The van der Waals surface area contributed by atoms with Crippen molar-refractivity contribution in [1.82, 2.24) is 9.29 Å². The fraction of sp³-hybridized carbons (Fsp3) is 0.304. The van der Waals surface area contributed by atoms with E-state index in [9.17, 15) is 13.2 Å². The number of carbonyl (C=O) groups excluding carboxylic acids is 1.